The molecular formula is C16H25N3O2S. The molecule has 1 aromatic rings. The Balaban J connectivity index is 1.61. The second-order valence-electron chi connectivity index (χ2n) is 6.88. The number of hydrogen-bond donors (Lipinski definition) is 0. The first-order chi connectivity index (χ1) is 10.5. The summed E-state index contributed by atoms with van der Waals surface area (Å²) in [5.41, 5.74) is 1.09. The van der Waals surface area contributed by atoms with E-state index >= 15 is 0 Å². The summed E-state index contributed by atoms with van der Waals surface area (Å²) < 4.78 is 5.67. The molecule has 22 heavy (non-hydrogen) atoms. The normalized spacial score (nSPS) is 26.2. The average Bonchev–Trinajstić information content (AvgIpc) is 2.95. The van der Waals surface area contributed by atoms with Gasteiger partial charge in [0, 0.05) is 31.6 Å². The molecule has 0 aromatic carbocycles. The van der Waals surface area contributed by atoms with Gasteiger partial charge in [-0.2, -0.15) is 0 Å². The van der Waals surface area contributed by atoms with Gasteiger partial charge < -0.3 is 14.5 Å². The fourth-order valence-electron chi connectivity index (χ4n) is 3.51. The van der Waals surface area contributed by atoms with Crippen LogP contribution in [0.2, 0.25) is 0 Å². The van der Waals surface area contributed by atoms with E-state index in [1.807, 2.05) is 18.4 Å². The van der Waals surface area contributed by atoms with E-state index < -0.39 is 0 Å². The lowest BCUT2D eigenvalue weighted by atomic mass is 9.93. The molecule has 0 bridgehead atoms. The van der Waals surface area contributed by atoms with Crippen LogP contribution in [-0.4, -0.2) is 67.2 Å². The number of carbonyl (C=O) groups is 1. The van der Waals surface area contributed by atoms with Crippen LogP contribution in [0.4, 0.5) is 4.79 Å². The maximum Gasteiger partial charge on any atom is 0.410 e. The average molecular weight is 323 g/mol. The molecule has 1 aromatic heterocycles. The van der Waals surface area contributed by atoms with Crippen molar-refractivity contribution in [2.75, 3.05) is 40.8 Å². The van der Waals surface area contributed by atoms with Crippen molar-refractivity contribution in [1.29, 1.82) is 0 Å². The van der Waals surface area contributed by atoms with E-state index in [0.717, 1.165) is 45.6 Å². The fraction of sp³-hybridized carbons (Fsp3) is 0.688. The van der Waals surface area contributed by atoms with E-state index in [2.05, 4.69) is 35.3 Å². The summed E-state index contributed by atoms with van der Waals surface area (Å²) in [6.07, 6.45) is 1.90. The smallest absolute Gasteiger partial charge is 0.410 e. The molecule has 1 spiro atoms. The van der Waals surface area contributed by atoms with Crippen LogP contribution in [-0.2, 0) is 17.8 Å². The Morgan fingerprint density at radius 1 is 1.41 bits per heavy atom. The quantitative estimate of drug-likeness (QED) is 0.851. The van der Waals surface area contributed by atoms with Gasteiger partial charge in [0.2, 0.25) is 0 Å². The molecule has 6 heteroatoms. The lowest BCUT2D eigenvalue weighted by Crippen LogP contribution is -2.50. The minimum absolute atomic E-state index is 0.175. The Morgan fingerprint density at radius 3 is 2.91 bits per heavy atom. The van der Waals surface area contributed by atoms with E-state index in [1.165, 1.54) is 10.4 Å². The third-order valence-electron chi connectivity index (χ3n) is 4.35. The van der Waals surface area contributed by atoms with Crippen molar-refractivity contribution in [3.05, 3.63) is 21.9 Å². The van der Waals surface area contributed by atoms with Crippen molar-refractivity contribution >= 4 is 17.4 Å². The third-order valence-corrected chi connectivity index (χ3v) is 5.32. The van der Waals surface area contributed by atoms with Gasteiger partial charge >= 0.3 is 6.09 Å². The van der Waals surface area contributed by atoms with Gasteiger partial charge in [0.25, 0.3) is 0 Å². The minimum Gasteiger partial charge on any atom is -0.440 e. The highest BCUT2D eigenvalue weighted by molar-refractivity contribution is 7.10. The van der Waals surface area contributed by atoms with Gasteiger partial charge in [0.15, 0.2) is 0 Å². The summed E-state index contributed by atoms with van der Waals surface area (Å²) in [6.45, 7) is 4.61. The molecule has 0 radical (unpaired) electrons. The minimum atomic E-state index is -0.284. The topological polar surface area (TPSA) is 36.0 Å². The molecule has 5 nitrogen and oxygen atoms in total. The number of piperidine rings is 1. The molecule has 2 aliphatic rings. The van der Waals surface area contributed by atoms with Crippen LogP contribution in [0.3, 0.4) is 0 Å². The number of likely N-dealkylation sites (N-methyl/N-ethyl adjacent to an activating group) is 1. The maximum atomic E-state index is 11.7. The van der Waals surface area contributed by atoms with Gasteiger partial charge in [-0.25, -0.2) is 4.79 Å². The molecule has 2 saturated heterocycles. The molecule has 1 unspecified atom stereocenters. The van der Waals surface area contributed by atoms with Crippen molar-refractivity contribution in [3.63, 3.8) is 0 Å². The van der Waals surface area contributed by atoms with E-state index in [9.17, 15) is 4.79 Å². The van der Waals surface area contributed by atoms with Crippen LogP contribution >= 0.6 is 11.3 Å². The predicted octanol–water partition coefficient (Wildman–Crippen LogP) is 2.23. The highest BCUT2D eigenvalue weighted by atomic mass is 32.1. The first kappa shape index (κ1) is 15.8. The lowest BCUT2D eigenvalue weighted by Gasteiger charge is -2.38. The van der Waals surface area contributed by atoms with Crippen LogP contribution in [0.1, 0.15) is 23.3 Å². The zero-order valence-corrected chi connectivity index (χ0v) is 14.5. The summed E-state index contributed by atoms with van der Waals surface area (Å²) in [6, 6.07) is 2.30. The number of carbonyl (C=O) groups excluding carboxylic acids is 1. The van der Waals surface area contributed by atoms with Gasteiger partial charge in [0.05, 0.1) is 6.54 Å². The molecule has 2 aliphatic heterocycles. The van der Waals surface area contributed by atoms with E-state index in [4.69, 9.17) is 4.74 Å². The lowest BCUT2D eigenvalue weighted by molar-refractivity contribution is -0.0110. The number of ether oxygens (including phenoxy) is 1. The highest BCUT2D eigenvalue weighted by Crippen LogP contribution is 2.32. The van der Waals surface area contributed by atoms with Crippen LogP contribution in [0, 0.1) is 0 Å². The van der Waals surface area contributed by atoms with Gasteiger partial charge in [-0.05, 0) is 50.5 Å². The Labute approximate surface area is 136 Å². The molecule has 0 aliphatic carbocycles. The third kappa shape index (κ3) is 3.45. The maximum absolute atomic E-state index is 11.7. The summed E-state index contributed by atoms with van der Waals surface area (Å²) in [5.74, 6) is 0. The Morgan fingerprint density at radius 2 is 2.23 bits per heavy atom. The fourth-order valence-corrected chi connectivity index (χ4v) is 4.43. The van der Waals surface area contributed by atoms with Crippen LogP contribution < -0.4 is 0 Å². The molecule has 0 saturated carbocycles. The van der Waals surface area contributed by atoms with Crippen molar-refractivity contribution in [2.24, 2.45) is 0 Å². The van der Waals surface area contributed by atoms with Gasteiger partial charge in [-0.1, -0.05) is 0 Å². The Bertz CT molecular complexity index is 545. The van der Waals surface area contributed by atoms with Crippen molar-refractivity contribution in [1.82, 2.24) is 14.7 Å². The number of thiophene rings is 1. The first-order valence-electron chi connectivity index (χ1n) is 7.83. The number of rotatable bonds is 4. The van der Waals surface area contributed by atoms with Crippen molar-refractivity contribution < 1.29 is 9.53 Å². The molecule has 1 atom stereocenters. The number of nitrogens with zero attached hydrogens (tertiary/aromatic N) is 3. The molecule has 122 valence electrons. The summed E-state index contributed by atoms with van der Waals surface area (Å²) in [5, 5.41) is 2.25. The molecule has 2 fully saturated rings. The van der Waals surface area contributed by atoms with Crippen molar-refractivity contribution in [2.45, 2.75) is 31.5 Å². The van der Waals surface area contributed by atoms with E-state index in [-0.39, 0.29) is 11.7 Å². The largest absolute Gasteiger partial charge is 0.440 e. The predicted molar refractivity (Wildman–Crippen MR) is 88.1 cm³/mol. The van der Waals surface area contributed by atoms with Gasteiger partial charge in [-0.3, -0.25) is 4.90 Å². The second kappa shape index (κ2) is 6.18. The standard InChI is InChI=1S/C16H25N3O2S/c1-17(2)8-13-7-14(22-10-13)9-19-6-4-5-16(12-19)11-18(3)15(20)21-16/h7,10H,4-6,8-9,11-12H2,1-3H3. The number of likely N-dealkylation sites (tertiary alicyclic amines) is 1. The van der Waals surface area contributed by atoms with Crippen LogP contribution in [0.15, 0.2) is 11.4 Å². The molecule has 3 heterocycles. The second-order valence-corrected chi connectivity index (χ2v) is 7.88. The monoisotopic (exact) mass is 323 g/mol. The first-order valence-corrected chi connectivity index (χ1v) is 8.71. The Kier molecular flexibility index (Phi) is 4.43. The van der Waals surface area contributed by atoms with Crippen LogP contribution in [0.5, 0.6) is 0 Å². The van der Waals surface area contributed by atoms with Gasteiger partial charge in [-0.15, -0.1) is 11.3 Å². The summed E-state index contributed by atoms with van der Waals surface area (Å²) >= 11 is 1.83. The zero-order valence-electron chi connectivity index (χ0n) is 13.7. The SMILES string of the molecule is CN(C)Cc1csc(CN2CCCC3(C2)CN(C)C(=O)O3)c1. The molecule has 0 N–H and O–H groups in total. The Hall–Kier alpha value is -1.11. The summed E-state index contributed by atoms with van der Waals surface area (Å²) in [4.78, 5) is 19.4. The van der Waals surface area contributed by atoms with Crippen molar-refractivity contribution in [3.8, 4) is 0 Å². The number of amides is 1. The summed E-state index contributed by atoms with van der Waals surface area (Å²) in [7, 11) is 6.01. The van der Waals surface area contributed by atoms with Crippen LogP contribution in [0.25, 0.3) is 0 Å². The van der Waals surface area contributed by atoms with Gasteiger partial charge in [0.1, 0.15) is 5.60 Å². The van der Waals surface area contributed by atoms with E-state index in [0.29, 0.717) is 0 Å². The number of hydrogen-bond acceptors (Lipinski definition) is 5. The molecule has 1 amide bonds. The molecule has 3 rings (SSSR count). The zero-order chi connectivity index (χ0) is 15.7. The van der Waals surface area contributed by atoms with E-state index in [1.54, 1.807) is 4.90 Å². The highest BCUT2D eigenvalue weighted by Gasteiger charge is 2.46. The molecular weight excluding hydrogens is 298 g/mol.